The molecule has 0 radical (unpaired) electrons. The molecule has 1 heterocycles. The van der Waals surface area contributed by atoms with Gasteiger partial charge in [-0.1, -0.05) is 62.6 Å². The van der Waals surface area contributed by atoms with Crippen molar-refractivity contribution < 1.29 is 0 Å². The SMILES string of the molecule is CC1(C)CCC(c2ccc(C#CCN3CCCCCCC3)cc2Cl)CC1. The van der Waals surface area contributed by atoms with Crippen LogP contribution >= 0.6 is 11.6 Å². The third-order valence-corrected chi connectivity index (χ3v) is 6.59. The summed E-state index contributed by atoms with van der Waals surface area (Å²) in [6, 6.07) is 6.48. The third kappa shape index (κ3) is 5.77. The molecule has 1 nitrogen and oxygen atoms in total. The number of nitrogens with zero attached hydrogens (tertiary/aromatic N) is 1. The molecule has 142 valence electrons. The summed E-state index contributed by atoms with van der Waals surface area (Å²) in [5.74, 6) is 7.33. The number of likely N-dealkylation sites (tertiary alicyclic amines) is 1. The minimum absolute atomic E-state index is 0.501. The Hall–Kier alpha value is -0.970. The number of halogens is 1. The zero-order valence-corrected chi connectivity index (χ0v) is 17.4. The van der Waals surface area contributed by atoms with E-state index in [0.717, 1.165) is 17.1 Å². The Labute approximate surface area is 165 Å². The molecular formula is C24H34ClN. The van der Waals surface area contributed by atoms with Crippen LogP contribution in [0.5, 0.6) is 0 Å². The van der Waals surface area contributed by atoms with E-state index in [9.17, 15) is 0 Å². The Morgan fingerprint density at radius 1 is 1.04 bits per heavy atom. The van der Waals surface area contributed by atoms with Gasteiger partial charge in [-0.05, 0) is 80.6 Å². The van der Waals surface area contributed by atoms with Crippen LogP contribution in [0.1, 0.15) is 88.7 Å². The van der Waals surface area contributed by atoms with Crippen molar-refractivity contribution in [2.75, 3.05) is 19.6 Å². The van der Waals surface area contributed by atoms with Crippen molar-refractivity contribution in [1.82, 2.24) is 4.90 Å². The monoisotopic (exact) mass is 371 g/mol. The van der Waals surface area contributed by atoms with Gasteiger partial charge in [0, 0.05) is 10.6 Å². The molecule has 2 fully saturated rings. The zero-order valence-electron chi connectivity index (χ0n) is 16.6. The first-order chi connectivity index (χ1) is 12.5. The molecular weight excluding hydrogens is 338 g/mol. The molecule has 1 aromatic rings. The number of benzene rings is 1. The fourth-order valence-electron chi connectivity index (χ4n) is 4.37. The molecule has 2 aliphatic rings. The average Bonchev–Trinajstić information content (AvgIpc) is 2.57. The summed E-state index contributed by atoms with van der Waals surface area (Å²) in [5, 5.41) is 0.910. The van der Waals surface area contributed by atoms with Gasteiger partial charge in [-0.2, -0.15) is 0 Å². The summed E-state index contributed by atoms with van der Waals surface area (Å²) in [4.78, 5) is 2.51. The maximum Gasteiger partial charge on any atom is 0.0605 e. The Balaban J connectivity index is 1.58. The van der Waals surface area contributed by atoms with E-state index in [-0.39, 0.29) is 0 Å². The van der Waals surface area contributed by atoms with Crippen LogP contribution in [0.2, 0.25) is 5.02 Å². The Bertz CT molecular complexity index is 634. The van der Waals surface area contributed by atoms with E-state index >= 15 is 0 Å². The van der Waals surface area contributed by atoms with Gasteiger partial charge in [0.2, 0.25) is 0 Å². The van der Waals surface area contributed by atoms with Gasteiger partial charge in [-0.15, -0.1) is 0 Å². The van der Waals surface area contributed by atoms with Gasteiger partial charge in [0.25, 0.3) is 0 Å². The Morgan fingerprint density at radius 2 is 1.69 bits per heavy atom. The van der Waals surface area contributed by atoms with Crippen LogP contribution in [0.4, 0.5) is 0 Å². The van der Waals surface area contributed by atoms with Gasteiger partial charge in [-0.3, -0.25) is 4.90 Å². The summed E-state index contributed by atoms with van der Waals surface area (Å²) in [7, 11) is 0. The van der Waals surface area contributed by atoms with Crippen molar-refractivity contribution in [1.29, 1.82) is 0 Å². The number of hydrogen-bond donors (Lipinski definition) is 0. The lowest BCUT2D eigenvalue weighted by molar-refractivity contribution is 0.224. The molecule has 0 unspecified atom stereocenters. The molecule has 0 atom stereocenters. The lowest BCUT2D eigenvalue weighted by Crippen LogP contribution is -2.27. The number of rotatable bonds is 2. The smallest absolute Gasteiger partial charge is 0.0605 e. The molecule has 1 saturated heterocycles. The predicted octanol–water partition coefficient (Wildman–Crippen LogP) is 6.64. The molecule has 1 aliphatic carbocycles. The summed E-state index contributed by atoms with van der Waals surface area (Å²) < 4.78 is 0. The molecule has 0 amide bonds. The van der Waals surface area contributed by atoms with Gasteiger partial charge < -0.3 is 0 Å². The second kappa shape index (κ2) is 9.29. The van der Waals surface area contributed by atoms with E-state index in [4.69, 9.17) is 11.6 Å². The predicted molar refractivity (Wildman–Crippen MR) is 113 cm³/mol. The van der Waals surface area contributed by atoms with E-state index < -0.39 is 0 Å². The van der Waals surface area contributed by atoms with Crippen LogP contribution in [0.15, 0.2) is 18.2 Å². The molecule has 26 heavy (non-hydrogen) atoms. The van der Waals surface area contributed by atoms with Crippen LogP contribution in [0.3, 0.4) is 0 Å². The molecule has 0 spiro atoms. The van der Waals surface area contributed by atoms with Crippen molar-refractivity contribution in [3.63, 3.8) is 0 Å². The molecule has 0 aromatic heterocycles. The average molecular weight is 372 g/mol. The van der Waals surface area contributed by atoms with E-state index in [1.165, 1.54) is 76.4 Å². The lowest BCUT2D eigenvalue weighted by Gasteiger charge is -2.34. The minimum atomic E-state index is 0.501. The maximum atomic E-state index is 6.62. The molecule has 3 rings (SSSR count). The Kier molecular flexibility index (Phi) is 7.07. The van der Waals surface area contributed by atoms with Crippen molar-refractivity contribution in [3.8, 4) is 11.8 Å². The molecule has 2 heteroatoms. The largest absolute Gasteiger partial charge is 0.292 e. The van der Waals surface area contributed by atoms with Crippen molar-refractivity contribution >= 4 is 11.6 Å². The first-order valence-corrected chi connectivity index (χ1v) is 10.9. The summed E-state index contributed by atoms with van der Waals surface area (Å²) in [5.41, 5.74) is 2.89. The topological polar surface area (TPSA) is 3.24 Å². The molecule has 1 saturated carbocycles. The van der Waals surface area contributed by atoms with E-state index in [2.05, 4.69) is 48.8 Å². The van der Waals surface area contributed by atoms with E-state index in [1.807, 2.05) is 0 Å². The van der Waals surface area contributed by atoms with Crippen LogP contribution in [-0.2, 0) is 0 Å². The standard InChI is InChI=1S/C24H34ClN/c1-24(2)14-12-21(13-15-24)22-11-10-20(19-23(22)25)9-8-18-26-16-6-4-3-5-7-17-26/h10-11,19,21H,3-7,12-18H2,1-2H3. The van der Waals surface area contributed by atoms with E-state index in [1.54, 1.807) is 0 Å². The summed E-state index contributed by atoms with van der Waals surface area (Å²) in [6.07, 6.45) is 11.9. The first-order valence-electron chi connectivity index (χ1n) is 10.5. The zero-order chi connectivity index (χ0) is 18.4. The summed E-state index contributed by atoms with van der Waals surface area (Å²) >= 11 is 6.62. The molecule has 1 aromatic carbocycles. The van der Waals surface area contributed by atoms with Crippen molar-refractivity contribution in [2.24, 2.45) is 5.41 Å². The first kappa shape index (κ1) is 19.8. The van der Waals surface area contributed by atoms with Crippen LogP contribution in [0, 0.1) is 17.3 Å². The lowest BCUT2D eigenvalue weighted by atomic mass is 9.71. The van der Waals surface area contributed by atoms with Gasteiger partial charge in [0.05, 0.1) is 6.54 Å². The van der Waals surface area contributed by atoms with Crippen molar-refractivity contribution in [3.05, 3.63) is 34.3 Å². The second-order valence-corrected chi connectivity index (χ2v) is 9.43. The van der Waals surface area contributed by atoms with Gasteiger partial charge >= 0.3 is 0 Å². The minimum Gasteiger partial charge on any atom is -0.292 e. The van der Waals surface area contributed by atoms with Crippen LogP contribution in [0.25, 0.3) is 0 Å². The quantitative estimate of drug-likeness (QED) is 0.526. The molecule has 0 bridgehead atoms. The highest BCUT2D eigenvalue weighted by Gasteiger charge is 2.28. The maximum absolute atomic E-state index is 6.62. The molecule has 1 aliphatic heterocycles. The van der Waals surface area contributed by atoms with E-state index in [0.29, 0.717) is 11.3 Å². The second-order valence-electron chi connectivity index (χ2n) is 9.02. The van der Waals surface area contributed by atoms with Crippen LogP contribution in [-0.4, -0.2) is 24.5 Å². The Morgan fingerprint density at radius 3 is 2.35 bits per heavy atom. The van der Waals surface area contributed by atoms with Crippen molar-refractivity contribution in [2.45, 2.75) is 77.6 Å². The highest BCUT2D eigenvalue weighted by molar-refractivity contribution is 6.31. The summed E-state index contributed by atoms with van der Waals surface area (Å²) in [6.45, 7) is 8.06. The van der Waals surface area contributed by atoms with Gasteiger partial charge in [0.1, 0.15) is 0 Å². The third-order valence-electron chi connectivity index (χ3n) is 6.26. The fraction of sp³-hybridized carbons (Fsp3) is 0.667. The van der Waals surface area contributed by atoms with Gasteiger partial charge in [0.15, 0.2) is 0 Å². The highest BCUT2D eigenvalue weighted by atomic mass is 35.5. The normalized spacial score (nSPS) is 22.1. The van der Waals surface area contributed by atoms with Gasteiger partial charge in [-0.25, -0.2) is 0 Å². The highest BCUT2D eigenvalue weighted by Crippen LogP contribution is 2.44. The molecule has 0 N–H and O–H groups in total. The fourth-order valence-corrected chi connectivity index (χ4v) is 4.71. The number of hydrogen-bond acceptors (Lipinski definition) is 1. The van der Waals surface area contributed by atoms with Crippen LogP contribution < -0.4 is 0 Å².